The third-order valence-corrected chi connectivity index (χ3v) is 3.37. The van der Waals surface area contributed by atoms with Crippen molar-refractivity contribution in [3.8, 4) is 0 Å². The van der Waals surface area contributed by atoms with Gasteiger partial charge in [0.15, 0.2) is 0 Å². The summed E-state index contributed by atoms with van der Waals surface area (Å²) in [5.74, 6) is 1.14. The summed E-state index contributed by atoms with van der Waals surface area (Å²) in [6, 6.07) is 6.28. The number of benzene rings is 1. The van der Waals surface area contributed by atoms with Crippen molar-refractivity contribution in [3.63, 3.8) is 0 Å². The number of hydrogen-bond acceptors (Lipinski definition) is 2. The van der Waals surface area contributed by atoms with Crippen molar-refractivity contribution in [2.45, 2.75) is 39.0 Å². The molecule has 0 heterocycles. The van der Waals surface area contributed by atoms with Gasteiger partial charge in [-0.1, -0.05) is 26.8 Å². The smallest absolute Gasteiger partial charge is 0.0454 e. The van der Waals surface area contributed by atoms with E-state index in [0.717, 1.165) is 11.4 Å². The largest absolute Gasteiger partial charge is 0.398 e. The van der Waals surface area contributed by atoms with Crippen LogP contribution in [0.2, 0.25) is 0 Å². The molecule has 1 aromatic carbocycles. The fourth-order valence-electron chi connectivity index (χ4n) is 1.27. The maximum Gasteiger partial charge on any atom is 0.0454 e. The number of hydrogen-bond donors (Lipinski definition) is 1. The van der Waals surface area contributed by atoms with E-state index in [1.165, 1.54) is 16.9 Å². The first-order valence-electron chi connectivity index (χ1n) is 5.37. The van der Waals surface area contributed by atoms with E-state index >= 15 is 0 Å². The van der Waals surface area contributed by atoms with Gasteiger partial charge in [-0.25, -0.2) is 0 Å². The molecule has 0 fully saturated rings. The average Bonchev–Trinajstić information content (AvgIpc) is 2.07. The Kier molecular flexibility index (Phi) is 4.09. The zero-order valence-electron chi connectivity index (χ0n) is 10.1. The van der Waals surface area contributed by atoms with Crippen LogP contribution in [0.15, 0.2) is 23.1 Å². The summed E-state index contributed by atoms with van der Waals surface area (Å²) < 4.78 is 0. The quantitative estimate of drug-likeness (QED) is 0.616. The van der Waals surface area contributed by atoms with Gasteiger partial charge in [0, 0.05) is 10.6 Å². The molecule has 84 valence electrons. The number of nitrogen functional groups attached to an aromatic ring is 1. The molecule has 0 unspecified atom stereocenters. The molecule has 2 N–H and O–H groups in total. The molecule has 15 heavy (non-hydrogen) atoms. The van der Waals surface area contributed by atoms with Crippen LogP contribution in [-0.2, 0) is 0 Å². The first kappa shape index (κ1) is 12.4. The van der Waals surface area contributed by atoms with E-state index in [4.69, 9.17) is 5.73 Å². The fourth-order valence-corrected chi connectivity index (χ4v) is 2.59. The Morgan fingerprint density at radius 2 is 1.93 bits per heavy atom. The van der Waals surface area contributed by atoms with Crippen LogP contribution in [0.4, 0.5) is 5.69 Å². The summed E-state index contributed by atoms with van der Waals surface area (Å²) in [5, 5.41) is 0. The number of aryl methyl sites for hydroxylation is 1. The molecule has 0 radical (unpaired) electrons. The molecular formula is C13H21NS. The molecular weight excluding hydrogens is 202 g/mol. The van der Waals surface area contributed by atoms with E-state index in [1.54, 1.807) is 0 Å². The van der Waals surface area contributed by atoms with Crippen molar-refractivity contribution in [3.05, 3.63) is 23.8 Å². The van der Waals surface area contributed by atoms with Crippen molar-refractivity contribution in [1.29, 1.82) is 0 Å². The molecule has 0 amide bonds. The molecule has 0 atom stereocenters. The molecule has 0 spiro atoms. The van der Waals surface area contributed by atoms with Gasteiger partial charge < -0.3 is 5.73 Å². The Morgan fingerprint density at radius 3 is 2.47 bits per heavy atom. The third kappa shape index (κ3) is 4.61. The first-order chi connectivity index (χ1) is 6.88. The zero-order chi connectivity index (χ0) is 11.5. The minimum atomic E-state index is 0.409. The van der Waals surface area contributed by atoms with Crippen molar-refractivity contribution in [1.82, 2.24) is 0 Å². The highest BCUT2D eigenvalue weighted by molar-refractivity contribution is 7.99. The normalized spacial score (nSPS) is 11.7. The standard InChI is InChI=1S/C13H21NS/c1-10-5-6-12(11(14)9-10)15-8-7-13(2,3)4/h5-6,9H,7-8,14H2,1-4H3. The van der Waals surface area contributed by atoms with Crippen LogP contribution in [0.5, 0.6) is 0 Å². The van der Waals surface area contributed by atoms with Gasteiger partial charge >= 0.3 is 0 Å². The highest BCUT2D eigenvalue weighted by Gasteiger charge is 2.10. The van der Waals surface area contributed by atoms with E-state index in [1.807, 2.05) is 17.8 Å². The van der Waals surface area contributed by atoms with E-state index in [0.29, 0.717) is 5.41 Å². The SMILES string of the molecule is Cc1ccc(SCCC(C)(C)C)c(N)c1. The van der Waals surface area contributed by atoms with Crippen LogP contribution in [-0.4, -0.2) is 5.75 Å². The molecule has 1 aromatic rings. The van der Waals surface area contributed by atoms with E-state index in [-0.39, 0.29) is 0 Å². The number of anilines is 1. The predicted octanol–water partition coefficient (Wildman–Crippen LogP) is 4.11. The second-order valence-corrected chi connectivity index (χ2v) is 6.34. The van der Waals surface area contributed by atoms with Gasteiger partial charge in [-0.05, 0) is 42.2 Å². The molecule has 1 nitrogen and oxygen atoms in total. The lowest BCUT2D eigenvalue weighted by Crippen LogP contribution is -2.05. The lowest BCUT2D eigenvalue weighted by atomic mass is 9.94. The monoisotopic (exact) mass is 223 g/mol. The summed E-state index contributed by atoms with van der Waals surface area (Å²) in [5.41, 5.74) is 8.50. The molecule has 0 saturated carbocycles. The van der Waals surface area contributed by atoms with Crippen LogP contribution < -0.4 is 5.73 Å². The Labute approximate surface area is 97.4 Å². The lowest BCUT2D eigenvalue weighted by Gasteiger charge is -2.17. The van der Waals surface area contributed by atoms with Gasteiger partial charge in [0.25, 0.3) is 0 Å². The topological polar surface area (TPSA) is 26.0 Å². The lowest BCUT2D eigenvalue weighted by molar-refractivity contribution is 0.401. The second kappa shape index (κ2) is 4.93. The predicted molar refractivity (Wildman–Crippen MR) is 70.4 cm³/mol. The van der Waals surface area contributed by atoms with Crippen LogP contribution in [0, 0.1) is 12.3 Å². The number of thioether (sulfide) groups is 1. The van der Waals surface area contributed by atoms with Crippen LogP contribution in [0.3, 0.4) is 0 Å². The van der Waals surface area contributed by atoms with Crippen molar-refractivity contribution >= 4 is 17.4 Å². The average molecular weight is 223 g/mol. The third-order valence-electron chi connectivity index (χ3n) is 2.27. The van der Waals surface area contributed by atoms with Crippen LogP contribution >= 0.6 is 11.8 Å². The maximum absolute atomic E-state index is 5.95. The molecule has 1 rings (SSSR count). The van der Waals surface area contributed by atoms with E-state index in [2.05, 4.69) is 39.8 Å². The summed E-state index contributed by atoms with van der Waals surface area (Å²) in [4.78, 5) is 1.21. The first-order valence-corrected chi connectivity index (χ1v) is 6.36. The van der Waals surface area contributed by atoms with Crippen LogP contribution in [0.1, 0.15) is 32.8 Å². The molecule has 0 bridgehead atoms. The molecule has 0 aliphatic rings. The Balaban J connectivity index is 2.51. The molecule has 0 aliphatic carbocycles. The Bertz CT molecular complexity index is 326. The Morgan fingerprint density at radius 1 is 1.27 bits per heavy atom. The zero-order valence-corrected chi connectivity index (χ0v) is 10.9. The minimum absolute atomic E-state index is 0.409. The van der Waals surface area contributed by atoms with Gasteiger partial charge in [-0.15, -0.1) is 11.8 Å². The fraction of sp³-hybridized carbons (Fsp3) is 0.538. The highest BCUT2D eigenvalue weighted by atomic mass is 32.2. The highest BCUT2D eigenvalue weighted by Crippen LogP contribution is 2.29. The van der Waals surface area contributed by atoms with Crippen molar-refractivity contribution in [2.75, 3.05) is 11.5 Å². The number of nitrogens with two attached hydrogens (primary N) is 1. The van der Waals surface area contributed by atoms with Crippen molar-refractivity contribution < 1.29 is 0 Å². The Hall–Kier alpha value is -0.630. The summed E-state index contributed by atoms with van der Waals surface area (Å²) in [6.45, 7) is 8.88. The van der Waals surface area contributed by atoms with Gasteiger partial charge in [0.1, 0.15) is 0 Å². The maximum atomic E-state index is 5.95. The van der Waals surface area contributed by atoms with E-state index in [9.17, 15) is 0 Å². The summed E-state index contributed by atoms with van der Waals surface area (Å²) in [7, 11) is 0. The molecule has 0 saturated heterocycles. The van der Waals surface area contributed by atoms with Gasteiger partial charge in [0.05, 0.1) is 0 Å². The number of rotatable bonds is 3. The van der Waals surface area contributed by atoms with Gasteiger partial charge in [-0.2, -0.15) is 0 Å². The molecule has 0 aromatic heterocycles. The molecule has 0 aliphatic heterocycles. The van der Waals surface area contributed by atoms with Crippen molar-refractivity contribution in [2.24, 2.45) is 5.41 Å². The minimum Gasteiger partial charge on any atom is -0.398 e. The second-order valence-electron chi connectivity index (χ2n) is 5.20. The van der Waals surface area contributed by atoms with Gasteiger partial charge in [-0.3, -0.25) is 0 Å². The summed E-state index contributed by atoms with van der Waals surface area (Å²) in [6.07, 6.45) is 1.21. The van der Waals surface area contributed by atoms with E-state index < -0.39 is 0 Å². The molecule has 2 heteroatoms. The summed E-state index contributed by atoms with van der Waals surface area (Å²) >= 11 is 1.86. The van der Waals surface area contributed by atoms with Gasteiger partial charge in [0.2, 0.25) is 0 Å². The van der Waals surface area contributed by atoms with Crippen LogP contribution in [0.25, 0.3) is 0 Å².